The Morgan fingerprint density at radius 1 is 1.12 bits per heavy atom. The van der Waals surface area contributed by atoms with E-state index in [2.05, 4.69) is 45.2 Å². The van der Waals surface area contributed by atoms with Crippen LogP contribution < -0.4 is 5.32 Å². The van der Waals surface area contributed by atoms with Gasteiger partial charge in [-0.15, -0.1) is 0 Å². The molecule has 1 saturated heterocycles. The Morgan fingerprint density at radius 3 is 2.33 bits per heavy atom. The molecule has 1 aliphatic heterocycles. The molecule has 2 N–H and O–H groups in total. The van der Waals surface area contributed by atoms with E-state index >= 15 is 0 Å². The van der Waals surface area contributed by atoms with E-state index in [1.807, 2.05) is 37.4 Å². The van der Waals surface area contributed by atoms with Gasteiger partial charge in [-0.1, -0.05) is 19.9 Å². The van der Waals surface area contributed by atoms with Gasteiger partial charge in [-0.05, 0) is 62.3 Å². The van der Waals surface area contributed by atoms with Gasteiger partial charge in [0.05, 0.1) is 66.0 Å². The first-order chi connectivity index (χ1) is 20.4. The number of aromatic nitrogens is 4. The minimum absolute atomic E-state index is 0.261. The van der Waals surface area contributed by atoms with Gasteiger partial charge >= 0.3 is 0 Å². The second-order valence-corrected chi connectivity index (χ2v) is 12.8. The van der Waals surface area contributed by atoms with Gasteiger partial charge in [0, 0.05) is 25.3 Å². The summed E-state index contributed by atoms with van der Waals surface area (Å²) in [5.74, 6) is 0.801. The molecule has 1 aliphatic carbocycles. The van der Waals surface area contributed by atoms with Gasteiger partial charge in [0.15, 0.2) is 5.82 Å². The van der Waals surface area contributed by atoms with Crippen molar-refractivity contribution < 1.29 is 22.5 Å². The van der Waals surface area contributed by atoms with Crippen LogP contribution in [0.5, 0.6) is 0 Å². The van der Waals surface area contributed by atoms with Crippen molar-refractivity contribution in [3.05, 3.63) is 65.4 Å². The third kappa shape index (κ3) is 8.23. The topological polar surface area (TPSA) is 163 Å². The Kier molecular flexibility index (Phi) is 10.3. The fraction of sp³-hybridized carbons (Fsp3) is 0.500. The van der Waals surface area contributed by atoms with Crippen LogP contribution in [0.1, 0.15) is 72.8 Å². The predicted molar refractivity (Wildman–Crippen MR) is 162 cm³/mol. The van der Waals surface area contributed by atoms with Crippen LogP contribution in [0.2, 0.25) is 0 Å². The molecule has 0 atom stereocenters. The molecule has 1 amide bonds. The van der Waals surface area contributed by atoms with Crippen LogP contribution in [0.4, 0.5) is 5.69 Å². The fourth-order valence-electron chi connectivity index (χ4n) is 5.51. The highest BCUT2D eigenvalue weighted by Gasteiger charge is 2.40. The zero-order valence-electron chi connectivity index (χ0n) is 25.0. The number of carbonyl (C=O) groups excluding carboxylic acids is 1. The summed E-state index contributed by atoms with van der Waals surface area (Å²) < 4.78 is 33.0. The molecule has 3 aromatic rings. The minimum atomic E-state index is -3.67. The van der Waals surface area contributed by atoms with Crippen LogP contribution in [-0.4, -0.2) is 82.1 Å². The average molecular weight is 610 g/mol. The molecule has 3 aromatic heterocycles. The maximum atomic E-state index is 13.0. The number of nitriles is 1. The van der Waals surface area contributed by atoms with E-state index < -0.39 is 15.5 Å². The molecule has 0 bridgehead atoms. The Hall–Kier alpha value is -3.70. The van der Waals surface area contributed by atoms with Gasteiger partial charge in [0.25, 0.3) is 16.0 Å². The average Bonchev–Trinajstić information content (AvgIpc) is 3.38. The molecule has 0 aromatic carbocycles. The van der Waals surface area contributed by atoms with Gasteiger partial charge in [-0.2, -0.15) is 18.8 Å². The molecule has 2 aliphatic rings. The second kappa shape index (κ2) is 13.7. The van der Waals surface area contributed by atoms with Crippen LogP contribution >= 0.6 is 0 Å². The van der Waals surface area contributed by atoms with E-state index in [1.54, 1.807) is 17.1 Å². The number of morpholine rings is 1. The number of anilines is 1. The standard InChI is InChI=1S/C29H35N7O2.CH4O3S/c1-20(2)22-4-7-27(32-16-22)36-21(3)25(18-33-36)28(37)34-23-5-6-26(31-17-23)29(19-30)10-8-24(9-11-29)35-12-14-38-15-13-35;1-5(2,3)4/h4-7,16-18,20,24H,8-15H2,1-3H3,(H,34,37);1H3,(H,2,3,4)/t24-,29-;. The van der Waals surface area contributed by atoms with E-state index in [1.165, 1.54) is 0 Å². The first-order valence-electron chi connectivity index (χ1n) is 14.3. The summed E-state index contributed by atoms with van der Waals surface area (Å²) in [4.78, 5) is 24.7. The SMILES string of the molecule is CS(=O)(=O)O.Cc1c(C(=O)Nc2ccc([C@]3(C#N)CC[C@@H](N4CCOCC4)CC3)nc2)cnn1-c1ccc(C(C)C)cn1. The minimum Gasteiger partial charge on any atom is -0.379 e. The summed E-state index contributed by atoms with van der Waals surface area (Å²) in [6.07, 6.45) is 9.29. The molecular weight excluding hydrogens is 570 g/mol. The van der Waals surface area contributed by atoms with Crippen LogP contribution in [0, 0.1) is 18.3 Å². The summed E-state index contributed by atoms with van der Waals surface area (Å²) in [7, 11) is -3.67. The first-order valence-corrected chi connectivity index (χ1v) is 16.2. The normalized spacial score (nSPS) is 21.0. The smallest absolute Gasteiger partial charge is 0.261 e. The molecule has 12 nitrogen and oxygen atoms in total. The number of hydrogen-bond acceptors (Lipinski definition) is 9. The van der Waals surface area contributed by atoms with E-state index in [0.717, 1.165) is 63.2 Å². The molecular formula is C30H39N7O5S. The van der Waals surface area contributed by atoms with E-state index in [9.17, 15) is 18.5 Å². The molecule has 4 heterocycles. The largest absolute Gasteiger partial charge is 0.379 e. The highest BCUT2D eigenvalue weighted by Crippen LogP contribution is 2.40. The van der Waals surface area contributed by atoms with Gasteiger partial charge in [-0.25, -0.2) is 9.67 Å². The van der Waals surface area contributed by atoms with E-state index in [4.69, 9.17) is 9.29 Å². The van der Waals surface area contributed by atoms with Crippen LogP contribution in [-0.2, 0) is 20.3 Å². The van der Waals surface area contributed by atoms with Crippen molar-refractivity contribution >= 4 is 21.7 Å². The van der Waals surface area contributed by atoms with Crippen molar-refractivity contribution in [1.82, 2.24) is 24.6 Å². The molecule has 0 unspecified atom stereocenters. The highest BCUT2D eigenvalue weighted by molar-refractivity contribution is 7.85. The molecule has 0 radical (unpaired) electrons. The number of nitrogens with one attached hydrogen (secondary N) is 1. The lowest BCUT2D eigenvalue weighted by Crippen LogP contribution is -2.47. The molecule has 2 fully saturated rings. The number of carbonyl (C=O) groups is 1. The zero-order chi connectivity index (χ0) is 31.2. The van der Waals surface area contributed by atoms with Crippen molar-refractivity contribution in [1.29, 1.82) is 5.26 Å². The molecule has 43 heavy (non-hydrogen) atoms. The fourth-order valence-corrected chi connectivity index (χ4v) is 5.51. The van der Waals surface area contributed by atoms with E-state index in [-0.39, 0.29) is 5.91 Å². The van der Waals surface area contributed by atoms with Crippen molar-refractivity contribution in [2.75, 3.05) is 37.9 Å². The van der Waals surface area contributed by atoms with Crippen molar-refractivity contribution in [2.45, 2.75) is 63.8 Å². The Morgan fingerprint density at radius 2 is 1.79 bits per heavy atom. The highest BCUT2D eigenvalue weighted by atomic mass is 32.2. The summed E-state index contributed by atoms with van der Waals surface area (Å²) >= 11 is 0. The predicted octanol–water partition coefficient (Wildman–Crippen LogP) is 3.89. The number of ether oxygens (including phenoxy) is 1. The van der Waals surface area contributed by atoms with E-state index in [0.29, 0.717) is 41.0 Å². The van der Waals surface area contributed by atoms with Gasteiger partial charge in [-0.3, -0.25) is 19.2 Å². The van der Waals surface area contributed by atoms with Gasteiger partial charge in [0.2, 0.25) is 0 Å². The number of nitrogens with zero attached hydrogens (tertiary/aromatic N) is 6. The van der Waals surface area contributed by atoms with Crippen molar-refractivity contribution in [3.8, 4) is 11.9 Å². The number of hydrogen-bond donors (Lipinski definition) is 2. The molecule has 0 spiro atoms. The second-order valence-electron chi connectivity index (χ2n) is 11.4. The van der Waals surface area contributed by atoms with Crippen LogP contribution in [0.15, 0.2) is 42.9 Å². The summed E-state index contributed by atoms with van der Waals surface area (Å²) in [6, 6.07) is 10.7. The summed E-state index contributed by atoms with van der Waals surface area (Å²) in [5, 5.41) is 17.4. The summed E-state index contributed by atoms with van der Waals surface area (Å²) in [6.45, 7) is 9.61. The Bertz CT molecular complexity index is 1520. The molecule has 5 rings (SSSR count). The van der Waals surface area contributed by atoms with Crippen molar-refractivity contribution in [3.63, 3.8) is 0 Å². The van der Waals surface area contributed by atoms with Gasteiger partial charge < -0.3 is 10.1 Å². The zero-order valence-corrected chi connectivity index (χ0v) is 25.8. The van der Waals surface area contributed by atoms with Crippen LogP contribution in [0.3, 0.4) is 0 Å². The Balaban J connectivity index is 0.000000782. The first kappa shape index (κ1) is 32.2. The maximum absolute atomic E-state index is 13.0. The lowest BCUT2D eigenvalue weighted by molar-refractivity contribution is 0.00493. The molecule has 230 valence electrons. The molecule has 1 saturated carbocycles. The van der Waals surface area contributed by atoms with Gasteiger partial charge in [0.1, 0.15) is 0 Å². The summed E-state index contributed by atoms with van der Waals surface area (Å²) in [5.41, 5.74) is 3.10. The molecule has 13 heteroatoms. The van der Waals surface area contributed by atoms with Crippen molar-refractivity contribution in [2.24, 2.45) is 0 Å². The quantitative estimate of drug-likeness (QED) is 0.392. The lowest BCUT2D eigenvalue weighted by atomic mass is 9.71. The number of pyridine rings is 2. The number of rotatable bonds is 6. The Labute approximate surface area is 252 Å². The maximum Gasteiger partial charge on any atom is 0.261 e. The number of amides is 1. The lowest BCUT2D eigenvalue weighted by Gasteiger charge is -2.41. The monoisotopic (exact) mass is 609 g/mol. The van der Waals surface area contributed by atoms with Crippen LogP contribution in [0.25, 0.3) is 5.82 Å². The third-order valence-electron chi connectivity index (χ3n) is 8.01. The third-order valence-corrected chi connectivity index (χ3v) is 8.01.